The molecule has 0 aromatic heterocycles. The molecule has 6 heavy (non-hydrogen) atoms. The van der Waals surface area contributed by atoms with Crippen LogP contribution >= 0.6 is 8.77 Å². The van der Waals surface area contributed by atoms with Crippen molar-refractivity contribution in [3.63, 3.8) is 0 Å². The van der Waals surface area contributed by atoms with Gasteiger partial charge in [-0.25, -0.2) is 0 Å². The van der Waals surface area contributed by atoms with Crippen molar-refractivity contribution in [3.05, 3.63) is 0 Å². The fourth-order valence-corrected chi connectivity index (χ4v) is 0.131. The number of hydrogen-bond acceptors (Lipinski definition) is 2. The second kappa shape index (κ2) is 3.40. The van der Waals surface area contributed by atoms with Crippen LogP contribution in [-0.2, 0) is 4.52 Å². The van der Waals surface area contributed by atoms with Crippen molar-refractivity contribution in [1.29, 1.82) is 0 Å². The highest BCUT2D eigenvalue weighted by Gasteiger charge is 1.99. The van der Waals surface area contributed by atoms with Crippen LogP contribution in [-0.4, -0.2) is 11.9 Å². The van der Waals surface area contributed by atoms with Crippen molar-refractivity contribution < 1.29 is 18.0 Å². The van der Waals surface area contributed by atoms with Crippen LogP contribution in [0.4, 0.5) is 8.39 Å². The van der Waals surface area contributed by atoms with Crippen molar-refractivity contribution in [2.75, 3.05) is 6.79 Å². The monoisotopic (exact) mass is 116 g/mol. The van der Waals surface area contributed by atoms with Crippen molar-refractivity contribution in [2.24, 2.45) is 0 Å². The minimum absolute atomic E-state index is 0.890. The Bertz CT molecular complexity index is 32.7. The van der Waals surface area contributed by atoms with E-state index < -0.39 is 15.6 Å². The lowest BCUT2D eigenvalue weighted by Crippen LogP contribution is -1.77. The van der Waals surface area contributed by atoms with Gasteiger partial charge in [0.1, 0.15) is 0 Å². The van der Waals surface area contributed by atoms with E-state index in [1.807, 2.05) is 0 Å². The lowest BCUT2D eigenvalue weighted by atomic mass is 11.6. The summed E-state index contributed by atoms with van der Waals surface area (Å²) < 4.78 is 24.8. The second-order valence-corrected chi connectivity index (χ2v) is 1.12. The third-order valence-corrected chi connectivity index (χ3v) is 0.466. The first-order valence-corrected chi connectivity index (χ1v) is 2.17. The largest absolute Gasteiger partial charge is 0.417 e. The molecular weight excluding hydrogens is 113 g/mol. The van der Waals surface area contributed by atoms with E-state index in [0.29, 0.717) is 0 Å². The predicted molar refractivity (Wildman–Crippen MR) is 17.3 cm³/mol. The van der Waals surface area contributed by atoms with Gasteiger partial charge in [-0.1, -0.05) is 0 Å². The summed E-state index contributed by atoms with van der Waals surface area (Å²) in [6.45, 7) is -0.890. The van der Waals surface area contributed by atoms with Crippen LogP contribution in [0.15, 0.2) is 0 Å². The molecule has 0 heterocycles. The molecule has 38 valence electrons. The molecule has 1 N–H and O–H groups in total. The summed E-state index contributed by atoms with van der Waals surface area (Å²) in [6, 6.07) is 0. The molecule has 0 unspecified atom stereocenters. The van der Waals surface area contributed by atoms with E-state index in [1.165, 1.54) is 0 Å². The molecule has 0 aromatic rings. The highest BCUT2D eigenvalue weighted by atomic mass is 31.2. The van der Waals surface area contributed by atoms with E-state index in [2.05, 4.69) is 4.52 Å². The molecule has 2 nitrogen and oxygen atoms in total. The number of rotatable bonds is 2. The first kappa shape index (κ1) is 6.21. The minimum atomic E-state index is -3.35. The summed E-state index contributed by atoms with van der Waals surface area (Å²) in [4.78, 5) is 0. The second-order valence-electron chi connectivity index (χ2n) is 0.460. The lowest BCUT2D eigenvalue weighted by molar-refractivity contribution is 0.0982. The van der Waals surface area contributed by atoms with Crippen LogP contribution in [0.5, 0.6) is 0 Å². The minimum Gasteiger partial charge on any atom is -0.370 e. The van der Waals surface area contributed by atoms with Crippen molar-refractivity contribution in [2.45, 2.75) is 0 Å². The molecule has 0 aromatic carbocycles. The zero-order chi connectivity index (χ0) is 4.99. The van der Waals surface area contributed by atoms with Crippen molar-refractivity contribution in [1.82, 2.24) is 0 Å². The van der Waals surface area contributed by atoms with Gasteiger partial charge in [-0.05, 0) is 0 Å². The van der Waals surface area contributed by atoms with E-state index in [0.717, 1.165) is 0 Å². The molecule has 5 heteroatoms. The van der Waals surface area contributed by atoms with Gasteiger partial charge >= 0.3 is 8.77 Å². The Hall–Kier alpha value is 0.210. The molecule has 0 atom stereocenters. The van der Waals surface area contributed by atoms with E-state index >= 15 is 0 Å². The quantitative estimate of drug-likeness (QED) is 0.432. The van der Waals surface area contributed by atoms with Gasteiger partial charge in [-0.15, -0.1) is 0 Å². The first-order chi connectivity index (χ1) is 2.77. The zero-order valence-corrected chi connectivity index (χ0v) is 3.66. The van der Waals surface area contributed by atoms with Gasteiger partial charge in [0.05, 0.1) is 0 Å². The highest BCUT2D eigenvalue weighted by molar-refractivity contribution is 7.40. The van der Waals surface area contributed by atoms with Crippen LogP contribution in [0.3, 0.4) is 0 Å². The van der Waals surface area contributed by atoms with E-state index in [-0.39, 0.29) is 0 Å². The molecule has 0 aliphatic rings. The predicted octanol–water partition coefficient (Wildman–Crippen LogP) is 1.12. The maximum Gasteiger partial charge on any atom is 0.417 e. The van der Waals surface area contributed by atoms with Gasteiger partial charge in [0.15, 0.2) is 6.79 Å². The normalized spacial score (nSPS) is 10.0. The maximum atomic E-state index is 10.7. The third-order valence-electron chi connectivity index (χ3n) is 0.155. The number of hydrogen-bond donors (Lipinski definition) is 1. The maximum absolute atomic E-state index is 10.7. The summed E-state index contributed by atoms with van der Waals surface area (Å²) >= 11 is 0. The fraction of sp³-hybridized carbons (Fsp3) is 1.00. The van der Waals surface area contributed by atoms with Gasteiger partial charge < -0.3 is 5.11 Å². The van der Waals surface area contributed by atoms with Gasteiger partial charge in [-0.3, -0.25) is 4.52 Å². The Morgan fingerprint density at radius 1 is 1.67 bits per heavy atom. The SMILES string of the molecule is OCOP(F)F. The zero-order valence-electron chi connectivity index (χ0n) is 2.77. The van der Waals surface area contributed by atoms with Gasteiger partial charge in [0.2, 0.25) is 0 Å². The number of halogens is 2. The standard InChI is InChI=1S/CH3F2O2P/c2-6(3)5-1-4/h4H,1H2. The summed E-state index contributed by atoms with van der Waals surface area (Å²) in [5.74, 6) is 0. The Kier molecular flexibility index (Phi) is 3.52. The molecule has 0 bridgehead atoms. The van der Waals surface area contributed by atoms with Gasteiger partial charge in [0, 0.05) is 0 Å². The number of aliphatic hydroxyl groups is 1. The van der Waals surface area contributed by atoms with Crippen LogP contribution < -0.4 is 0 Å². The smallest absolute Gasteiger partial charge is 0.370 e. The molecule has 0 saturated heterocycles. The Balaban J connectivity index is 2.63. The van der Waals surface area contributed by atoms with E-state index in [9.17, 15) is 8.39 Å². The van der Waals surface area contributed by atoms with Crippen molar-refractivity contribution >= 4 is 8.77 Å². The summed E-state index contributed by atoms with van der Waals surface area (Å²) in [5, 5.41) is 7.55. The molecule has 0 saturated carbocycles. The molecule has 0 aliphatic carbocycles. The Morgan fingerprint density at radius 2 is 2.17 bits per heavy atom. The molecule has 0 rings (SSSR count). The topological polar surface area (TPSA) is 29.5 Å². The van der Waals surface area contributed by atoms with E-state index in [1.54, 1.807) is 0 Å². The average molecular weight is 116 g/mol. The average Bonchev–Trinajstić information content (AvgIpc) is 1.35. The van der Waals surface area contributed by atoms with Gasteiger partial charge in [-0.2, -0.15) is 8.39 Å². The molecule has 0 aliphatic heterocycles. The molecule has 0 radical (unpaired) electrons. The fourth-order valence-electron chi connectivity index (χ4n) is 0.0436. The highest BCUT2D eigenvalue weighted by Crippen LogP contribution is 2.38. The lowest BCUT2D eigenvalue weighted by Gasteiger charge is -1.88. The van der Waals surface area contributed by atoms with Crippen molar-refractivity contribution in [3.8, 4) is 0 Å². The molecule has 0 amide bonds. The van der Waals surface area contributed by atoms with E-state index in [4.69, 9.17) is 5.11 Å². The van der Waals surface area contributed by atoms with Crippen LogP contribution in [0, 0.1) is 0 Å². The van der Waals surface area contributed by atoms with Crippen LogP contribution in [0.2, 0.25) is 0 Å². The molecular formula is CH3F2O2P. The van der Waals surface area contributed by atoms with Crippen LogP contribution in [0.25, 0.3) is 0 Å². The molecule has 0 spiro atoms. The first-order valence-electron chi connectivity index (χ1n) is 1.13. The summed E-state index contributed by atoms with van der Waals surface area (Å²) in [7, 11) is -3.35. The third kappa shape index (κ3) is 4.21. The summed E-state index contributed by atoms with van der Waals surface area (Å²) in [6.07, 6.45) is 0. The van der Waals surface area contributed by atoms with Gasteiger partial charge in [0.25, 0.3) is 0 Å². The molecule has 0 fully saturated rings. The number of aliphatic hydroxyl groups excluding tert-OH is 1. The Morgan fingerprint density at radius 3 is 2.17 bits per heavy atom. The Labute approximate surface area is 34.8 Å². The summed E-state index contributed by atoms with van der Waals surface area (Å²) in [5.41, 5.74) is 0. The van der Waals surface area contributed by atoms with Crippen LogP contribution in [0.1, 0.15) is 0 Å².